The summed E-state index contributed by atoms with van der Waals surface area (Å²) in [5, 5.41) is 11.7. The molecular formula is C8H7Cl2NO. The second-order valence-corrected chi connectivity index (χ2v) is 3.14. The minimum Gasteiger partial charge on any atom is -0.410 e. The number of halogens is 2. The van der Waals surface area contributed by atoms with Crippen molar-refractivity contribution < 1.29 is 5.21 Å². The van der Waals surface area contributed by atoms with Gasteiger partial charge < -0.3 is 5.21 Å². The molecular weight excluding hydrogens is 197 g/mol. The molecule has 12 heavy (non-hydrogen) atoms. The van der Waals surface area contributed by atoms with Crippen LogP contribution in [0.5, 0.6) is 0 Å². The minimum atomic E-state index is 0.000000000000000444. The van der Waals surface area contributed by atoms with Gasteiger partial charge in [-0.05, 0) is 24.6 Å². The number of rotatable bonds is 1. The van der Waals surface area contributed by atoms with E-state index in [1.807, 2.05) is 13.0 Å². The van der Waals surface area contributed by atoms with Crippen molar-refractivity contribution in [2.24, 2.45) is 5.16 Å². The van der Waals surface area contributed by atoms with Crippen molar-refractivity contribution in [1.82, 2.24) is 0 Å². The molecule has 0 atom stereocenters. The smallest absolute Gasteiger partial charge is 0.176 e. The van der Waals surface area contributed by atoms with Crippen molar-refractivity contribution in [3.63, 3.8) is 0 Å². The maximum Gasteiger partial charge on any atom is 0.176 e. The average Bonchev–Trinajstić information content (AvgIpc) is 2.03. The van der Waals surface area contributed by atoms with Gasteiger partial charge in [-0.15, -0.1) is 0 Å². The van der Waals surface area contributed by atoms with Crippen LogP contribution in [0.1, 0.15) is 11.1 Å². The zero-order chi connectivity index (χ0) is 9.14. The third-order valence-corrected chi connectivity index (χ3v) is 2.03. The van der Waals surface area contributed by atoms with Gasteiger partial charge in [0.1, 0.15) is 0 Å². The summed E-state index contributed by atoms with van der Waals surface area (Å²) in [5.41, 5.74) is 1.57. The van der Waals surface area contributed by atoms with E-state index in [2.05, 4.69) is 5.16 Å². The highest BCUT2D eigenvalue weighted by Gasteiger charge is 2.05. The van der Waals surface area contributed by atoms with Crippen LogP contribution in [0.3, 0.4) is 0 Å². The number of aryl methyl sites for hydroxylation is 1. The Morgan fingerprint density at radius 2 is 2.17 bits per heavy atom. The highest BCUT2D eigenvalue weighted by atomic mass is 35.5. The van der Waals surface area contributed by atoms with Crippen molar-refractivity contribution >= 4 is 28.4 Å². The predicted molar refractivity (Wildman–Crippen MR) is 50.4 cm³/mol. The molecule has 1 N–H and O–H groups in total. The first-order valence-electron chi connectivity index (χ1n) is 3.29. The van der Waals surface area contributed by atoms with Crippen LogP contribution >= 0.6 is 23.2 Å². The molecule has 2 nitrogen and oxygen atoms in total. The molecule has 1 rings (SSSR count). The van der Waals surface area contributed by atoms with Gasteiger partial charge in [-0.3, -0.25) is 0 Å². The van der Waals surface area contributed by atoms with E-state index in [-0.39, 0.29) is 5.17 Å². The zero-order valence-corrected chi connectivity index (χ0v) is 7.89. The third kappa shape index (κ3) is 1.90. The van der Waals surface area contributed by atoms with E-state index in [1.54, 1.807) is 12.1 Å². The first-order chi connectivity index (χ1) is 5.65. The molecule has 0 unspecified atom stereocenters. The number of hydrogen-bond acceptors (Lipinski definition) is 2. The van der Waals surface area contributed by atoms with Crippen LogP contribution in [0.4, 0.5) is 0 Å². The molecule has 0 aliphatic rings. The van der Waals surface area contributed by atoms with Crippen molar-refractivity contribution in [2.45, 2.75) is 6.92 Å². The molecule has 0 bridgehead atoms. The normalized spacial score (nSPS) is 11.8. The summed E-state index contributed by atoms with van der Waals surface area (Å²) in [6.45, 7) is 1.92. The topological polar surface area (TPSA) is 32.6 Å². The Morgan fingerprint density at radius 3 is 2.67 bits per heavy atom. The van der Waals surface area contributed by atoms with E-state index in [0.29, 0.717) is 10.6 Å². The maximum atomic E-state index is 8.38. The monoisotopic (exact) mass is 203 g/mol. The van der Waals surface area contributed by atoms with Gasteiger partial charge in [-0.1, -0.05) is 34.4 Å². The molecule has 0 radical (unpaired) electrons. The summed E-state index contributed by atoms with van der Waals surface area (Å²) in [6, 6.07) is 5.30. The van der Waals surface area contributed by atoms with E-state index in [9.17, 15) is 0 Å². The second kappa shape index (κ2) is 3.78. The van der Waals surface area contributed by atoms with Crippen LogP contribution in [-0.2, 0) is 0 Å². The lowest BCUT2D eigenvalue weighted by Gasteiger charge is -2.00. The Balaban J connectivity index is 3.18. The molecule has 64 valence electrons. The van der Waals surface area contributed by atoms with E-state index < -0.39 is 0 Å². The van der Waals surface area contributed by atoms with Crippen LogP contribution < -0.4 is 0 Å². The van der Waals surface area contributed by atoms with Crippen molar-refractivity contribution in [2.75, 3.05) is 0 Å². The Hall–Kier alpha value is -0.730. The molecule has 0 aromatic heterocycles. The maximum absolute atomic E-state index is 8.38. The minimum absolute atomic E-state index is 0.000000000000000444. The van der Waals surface area contributed by atoms with E-state index in [1.165, 1.54) is 0 Å². The molecule has 0 saturated heterocycles. The van der Waals surface area contributed by atoms with Gasteiger partial charge in [0.2, 0.25) is 0 Å². The summed E-state index contributed by atoms with van der Waals surface area (Å²) in [7, 11) is 0. The van der Waals surface area contributed by atoms with E-state index >= 15 is 0 Å². The lowest BCUT2D eigenvalue weighted by Crippen LogP contribution is -1.92. The Morgan fingerprint density at radius 1 is 1.50 bits per heavy atom. The fraction of sp³-hybridized carbons (Fsp3) is 0.125. The summed E-state index contributed by atoms with van der Waals surface area (Å²) >= 11 is 11.4. The molecule has 0 aliphatic carbocycles. The van der Waals surface area contributed by atoms with Crippen molar-refractivity contribution in [3.05, 3.63) is 34.3 Å². The number of nitrogens with zero attached hydrogens (tertiary/aromatic N) is 1. The highest BCUT2D eigenvalue weighted by molar-refractivity contribution is 6.70. The second-order valence-electron chi connectivity index (χ2n) is 2.37. The molecule has 0 saturated carbocycles. The van der Waals surface area contributed by atoms with Gasteiger partial charge in [0, 0.05) is 5.56 Å². The fourth-order valence-corrected chi connectivity index (χ4v) is 1.38. The van der Waals surface area contributed by atoms with Gasteiger partial charge in [-0.2, -0.15) is 0 Å². The first-order valence-corrected chi connectivity index (χ1v) is 4.05. The lowest BCUT2D eigenvalue weighted by atomic mass is 10.2. The Labute approximate surface area is 80.4 Å². The molecule has 4 heteroatoms. The predicted octanol–water partition coefficient (Wildman–Crippen LogP) is 3.02. The molecule has 0 amide bonds. The van der Waals surface area contributed by atoms with Gasteiger partial charge in [0.25, 0.3) is 0 Å². The standard InChI is InChI=1S/C8H7Cl2NO/c1-5-2-3-6(7(9)4-5)8(10)11-12/h2-4,12H,1H3/b11-8+. The molecule has 0 spiro atoms. The summed E-state index contributed by atoms with van der Waals surface area (Å²) < 4.78 is 0. The van der Waals surface area contributed by atoms with Crippen molar-refractivity contribution in [1.29, 1.82) is 0 Å². The number of oxime groups is 1. The SMILES string of the molecule is Cc1ccc(/C(Cl)=N\O)c(Cl)c1. The van der Waals surface area contributed by atoms with Crippen LogP contribution in [0, 0.1) is 6.92 Å². The highest BCUT2D eigenvalue weighted by Crippen LogP contribution is 2.19. The van der Waals surface area contributed by atoms with Crippen LogP contribution in [0.15, 0.2) is 23.4 Å². The van der Waals surface area contributed by atoms with Gasteiger partial charge >= 0.3 is 0 Å². The van der Waals surface area contributed by atoms with Crippen LogP contribution in [0.25, 0.3) is 0 Å². The summed E-state index contributed by atoms with van der Waals surface area (Å²) in [4.78, 5) is 0. The van der Waals surface area contributed by atoms with Gasteiger partial charge in [-0.25, -0.2) is 0 Å². The molecule has 0 heterocycles. The lowest BCUT2D eigenvalue weighted by molar-refractivity contribution is 0.321. The van der Waals surface area contributed by atoms with Crippen LogP contribution in [0.2, 0.25) is 5.02 Å². The van der Waals surface area contributed by atoms with E-state index in [4.69, 9.17) is 28.4 Å². The molecule has 1 aromatic carbocycles. The Bertz CT molecular complexity index is 323. The molecule has 0 fully saturated rings. The third-order valence-electron chi connectivity index (χ3n) is 1.43. The molecule has 0 aliphatic heterocycles. The van der Waals surface area contributed by atoms with Crippen LogP contribution in [-0.4, -0.2) is 10.4 Å². The van der Waals surface area contributed by atoms with Gasteiger partial charge in [0.05, 0.1) is 5.02 Å². The quantitative estimate of drug-likeness (QED) is 0.425. The largest absolute Gasteiger partial charge is 0.410 e. The number of hydrogen-bond donors (Lipinski definition) is 1. The zero-order valence-electron chi connectivity index (χ0n) is 6.38. The molecule has 1 aromatic rings. The summed E-state index contributed by atoms with van der Waals surface area (Å²) in [6.07, 6.45) is 0. The average molecular weight is 204 g/mol. The fourth-order valence-electron chi connectivity index (χ4n) is 0.841. The van der Waals surface area contributed by atoms with Crippen molar-refractivity contribution in [3.8, 4) is 0 Å². The summed E-state index contributed by atoms with van der Waals surface area (Å²) in [5.74, 6) is 0. The number of benzene rings is 1. The first kappa shape index (κ1) is 9.36. The van der Waals surface area contributed by atoms with Gasteiger partial charge in [0.15, 0.2) is 5.17 Å². The Kier molecular flexibility index (Phi) is 2.95. The van der Waals surface area contributed by atoms with E-state index in [0.717, 1.165) is 5.56 Å².